The zero-order chi connectivity index (χ0) is 12.0. The number of methoxy groups -OCH3 is 1. The SMILES string of the molecule is COCCNc1ncnc(NC(C)(C)C)n1. The summed E-state index contributed by atoms with van der Waals surface area (Å²) in [5.41, 5.74) is -0.0643. The lowest BCUT2D eigenvalue weighted by molar-refractivity contribution is 0.210. The van der Waals surface area contributed by atoms with Crippen molar-refractivity contribution in [2.24, 2.45) is 0 Å². The second-order valence-electron chi connectivity index (χ2n) is 4.43. The Balaban J connectivity index is 2.57. The standard InChI is InChI=1S/C10H19N5O/c1-10(2,3)15-9-13-7-12-8(14-9)11-5-6-16-4/h7H,5-6H2,1-4H3,(H2,11,12,13,14,15). The Kier molecular flexibility index (Phi) is 4.42. The fraction of sp³-hybridized carbons (Fsp3) is 0.700. The third-order valence-electron chi connectivity index (χ3n) is 1.65. The fourth-order valence-electron chi connectivity index (χ4n) is 1.04. The van der Waals surface area contributed by atoms with Crippen molar-refractivity contribution in [3.8, 4) is 0 Å². The van der Waals surface area contributed by atoms with Crippen LogP contribution in [0.25, 0.3) is 0 Å². The molecule has 0 aliphatic heterocycles. The molecule has 0 saturated heterocycles. The molecule has 2 N–H and O–H groups in total. The van der Waals surface area contributed by atoms with Crippen LogP contribution in [0.4, 0.5) is 11.9 Å². The highest BCUT2D eigenvalue weighted by atomic mass is 16.5. The van der Waals surface area contributed by atoms with Crippen molar-refractivity contribution < 1.29 is 4.74 Å². The van der Waals surface area contributed by atoms with E-state index in [4.69, 9.17) is 4.74 Å². The highest BCUT2D eigenvalue weighted by Gasteiger charge is 2.11. The summed E-state index contributed by atoms with van der Waals surface area (Å²) in [6.45, 7) is 7.45. The lowest BCUT2D eigenvalue weighted by atomic mass is 10.1. The topological polar surface area (TPSA) is 72.0 Å². The maximum Gasteiger partial charge on any atom is 0.227 e. The quantitative estimate of drug-likeness (QED) is 0.732. The largest absolute Gasteiger partial charge is 0.383 e. The number of hydrogen-bond acceptors (Lipinski definition) is 6. The molecule has 0 aromatic carbocycles. The minimum Gasteiger partial charge on any atom is -0.383 e. The van der Waals surface area contributed by atoms with Gasteiger partial charge in [-0.3, -0.25) is 0 Å². The van der Waals surface area contributed by atoms with Gasteiger partial charge < -0.3 is 15.4 Å². The average molecular weight is 225 g/mol. The van der Waals surface area contributed by atoms with E-state index < -0.39 is 0 Å². The average Bonchev–Trinajstić information content (AvgIpc) is 2.16. The molecule has 0 amide bonds. The van der Waals surface area contributed by atoms with Crippen molar-refractivity contribution in [2.45, 2.75) is 26.3 Å². The van der Waals surface area contributed by atoms with Gasteiger partial charge in [0.2, 0.25) is 11.9 Å². The molecule has 6 heteroatoms. The monoisotopic (exact) mass is 225 g/mol. The van der Waals surface area contributed by atoms with Gasteiger partial charge in [-0.25, -0.2) is 9.97 Å². The second-order valence-corrected chi connectivity index (χ2v) is 4.43. The summed E-state index contributed by atoms with van der Waals surface area (Å²) in [5.74, 6) is 1.13. The summed E-state index contributed by atoms with van der Waals surface area (Å²) in [6, 6.07) is 0. The first-order chi connectivity index (χ1) is 7.51. The van der Waals surface area contributed by atoms with E-state index in [0.29, 0.717) is 25.0 Å². The molecule has 1 aromatic rings. The molecular formula is C10H19N5O. The van der Waals surface area contributed by atoms with Crippen LogP contribution < -0.4 is 10.6 Å². The van der Waals surface area contributed by atoms with Crippen LogP contribution in [0.2, 0.25) is 0 Å². The molecule has 16 heavy (non-hydrogen) atoms. The van der Waals surface area contributed by atoms with Gasteiger partial charge in [0.1, 0.15) is 6.33 Å². The highest BCUT2D eigenvalue weighted by Crippen LogP contribution is 2.09. The maximum absolute atomic E-state index is 4.93. The molecule has 0 spiro atoms. The lowest BCUT2D eigenvalue weighted by Crippen LogP contribution is -2.27. The van der Waals surface area contributed by atoms with Crippen LogP contribution in [0.15, 0.2) is 6.33 Å². The highest BCUT2D eigenvalue weighted by molar-refractivity contribution is 5.34. The molecule has 0 fully saturated rings. The minimum absolute atomic E-state index is 0.0643. The predicted molar refractivity (Wildman–Crippen MR) is 63.6 cm³/mol. The third kappa shape index (κ3) is 4.88. The van der Waals surface area contributed by atoms with Crippen molar-refractivity contribution in [3.05, 3.63) is 6.33 Å². The Labute approximate surface area is 95.9 Å². The molecule has 90 valence electrons. The Bertz CT molecular complexity index is 323. The van der Waals surface area contributed by atoms with Gasteiger partial charge in [-0.2, -0.15) is 4.98 Å². The van der Waals surface area contributed by atoms with Crippen molar-refractivity contribution in [1.82, 2.24) is 15.0 Å². The van der Waals surface area contributed by atoms with Gasteiger partial charge in [-0.05, 0) is 20.8 Å². The van der Waals surface area contributed by atoms with Crippen LogP contribution in [-0.2, 0) is 4.74 Å². The van der Waals surface area contributed by atoms with Crippen LogP contribution in [0.1, 0.15) is 20.8 Å². The summed E-state index contributed by atoms with van der Waals surface area (Å²) < 4.78 is 4.93. The number of nitrogens with one attached hydrogen (secondary N) is 2. The first-order valence-corrected chi connectivity index (χ1v) is 5.21. The first-order valence-electron chi connectivity index (χ1n) is 5.21. The van der Waals surface area contributed by atoms with E-state index in [-0.39, 0.29) is 5.54 Å². The van der Waals surface area contributed by atoms with Crippen LogP contribution in [0, 0.1) is 0 Å². The number of aromatic nitrogens is 3. The molecule has 0 unspecified atom stereocenters. The summed E-state index contributed by atoms with van der Waals surface area (Å²) in [7, 11) is 1.65. The van der Waals surface area contributed by atoms with E-state index in [9.17, 15) is 0 Å². The zero-order valence-electron chi connectivity index (χ0n) is 10.2. The second kappa shape index (κ2) is 5.60. The molecule has 0 saturated carbocycles. The van der Waals surface area contributed by atoms with Crippen LogP contribution in [-0.4, -0.2) is 40.8 Å². The maximum atomic E-state index is 4.93. The van der Waals surface area contributed by atoms with Crippen LogP contribution >= 0.6 is 0 Å². The van der Waals surface area contributed by atoms with Gasteiger partial charge in [0.25, 0.3) is 0 Å². The van der Waals surface area contributed by atoms with Crippen molar-refractivity contribution >= 4 is 11.9 Å². The van der Waals surface area contributed by atoms with Crippen molar-refractivity contribution in [1.29, 1.82) is 0 Å². The van der Waals surface area contributed by atoms with E-state index in [1.807, 2.05) is 0 Å². The summed E-state index contributed by atoms with van der Waals surface area (Å²) in [6.07, 6.45) is 1.48. The summed E-state index contributed by atoms with van der Waals surface area (Å²) in [5, 5.41) is 6.22. The normalized spacial score (nSPS) is 11.2. The zero-order valence-corrected chi connectivity index (χ0v) is 10.2. The van der Waals surface area contributed by atoms with Gasteiger partial charge in [0, 0.05) is 19.2 Å². The summed E-state index contributed by atoms with van der Waals surface area (Å²) in [4.78, 5) is 12.3. The molecule has 6 nitrogen and oxygen atoms in total. The Hall–Kier alpha value is -1.43. The number of anilines is 2. The number of hydrogen-bond donors (Lipinski definition) is 2. The van der Waals surface area contributed by atoms with Crippen molar-refractivity contribution in [2.75, 3.05) is 30.9 Å². The number of ether oxygens (including phenoxy) is 1. The third-order valence-corrected chi connectivity index (χ3v) is 1.65. The van der Waals surface area contributed by atoms with Crippen LogP contribution in [0.5, 0.6) is 0 Å². The van der Waals surface area contributed by atoms with Gasteiger partial charge in [-0.1, -0.05) is 0 Å². The van der Waals surface area contributed by atoms with E-state index in [0.717, 1.165) is 0 Å². The molecule has 0 bridgehead atoms. The number of nitrogens with zero attached hydrogens (tertiary/aromatic N) is 3. The smallest absolute Gasteiger partial charge is 0.227 e. The molecule has 1 rings (SSSR count). The molecule has 1 aromatic heterocycles. The molecule has 0 atom stereocenters. The van der Waals surface area contributed by atoms with Crippen LogP contribution in [0.3, 0.4) is 0 Å². The van der Waals surface area contributed by atoms with Crippen molar-refractivity contribution in [3.63, 3.8) is 0 Å². The van der Waals surface area contributed by atoms with E-state index >= 15 is 0 Å². The predicted octanol–water partition coefficient (Wildman–Crippen LogP) is 1.14. The number of rotatable bonds is 5. The Morgan fingerprint density at radius 2 is 1.94 bits per heavy atom. The summed E-state index contributed by atoms with van der Waals surface area (Å²) >= 11 is 0. The molecule has 1 heterocycles. The molecular weight excluding hydrogens is 206 g/mol. The Morgan fingerprint density at radius 1 is 1.25 bits per heavy atom. The van der Waals surface area contributed by atoms with E-state index in [1.165, 1.54) is 6.33 Å². The van der Waals surface area contributed by atoms with Gasteiger partial charge in [-0.15, -0.1) is 0 Å². The van der Waals surface area contributed by atoms with E-state index in [2.05, 4.69) is 46.4 Å². The van der Waals surface area contributed by atoms with Gasteiger partial charge >= 0.3 is 0 Å². The molecule has 0 aliphatic rings. The first kappa shape index (κ1) is 12.6. The molecule has 0 aliphatic carbocycles. The lowest BCUT2D eigenvalue weighted by Gasteiger charge is -2.20. The van der Waals surface area contributed by atoms with E-state index in [1.54, 1.807) is 7.11 Å². The van der Waals surface area contributed by atoms with Gasteiger partial charge in [0.15, 0.2) is 0 Å². The molecule has 0 radical (unpaired) electrons. The Morgan fingerprint density at radius 3 is 2.56 bits per heavy atom. The van der Waals surface area contributed by atoms with Gasteiger partial charge in [0.05, 0.1) is 6.61 Å². The minimum atomic E-state index is -0.0643. The fourth-order valence-corrected chi connectivity index (χ4v) is 1.04.